The van der Waals surface area contributed by atoms with Crippen molar-refractivity contribution in [2.45, 2.75) is 13.5 Å². The van der Waals surface area contributed by atoms with Crippen molar-refractivity contribution < 1.29 is 19.1 Å². The number of thioether (sulfide) groups is 1. The third-order valence-corrected chi connectivity index (χ3v) is 5.36. The van der Waals surface area contributed by atoms with Crippen molar-refractivity contribution in [3.8, 4) is 11.5 Å². The molecule has 1 fully saturated rings. The van der Waals surface area contributed by atoms with Crippen LogP contribution in [0.25, 0.3) is 6.08 Å². The quantitative estimate of drug-likeness (QED) is 0.547. The van der Waals surface area contributed by atoms with Gasteiger partial charge in [-0.1, -0.05) is 35.3 Å². The first-order valence-electron chi connectivity index (χ1n) is 8.43. The summed E-state index contributed by atoms with van der Waals surface area (Å²) in [6.45, 7) is 2.45. The van der Waals surface area contributed by atoms with E-state index in [1.807, 2.05) is 13.0 Å². The molecule has 5 nitrogen and oxygen atoms in total. The average Bonchev–Trinajstić information content (AvgIpc) is 2.91. The van der Waals surface area contributed by atoms with Crippen LogP contribution in [0.5, 0.6) is 11.5 Å². The number of ether oxygens (including phenoxy) is 2. The molecule has 1 heterocycles. The summed E-state index contributed by atoms with van der Waals surface area (Å²) in [6, 6.07) is 10.4. The van der Waals surface area contributed by atoms with E-state index in [0.717, 1.165) is 17.3 Å². The topological polar surface area (TPSA) is 55.8 Å². The van der Waals surface area contributed by atoms with E-state index in [4.69, 9.17) is 32.7 Å². The van der Waals surface area contributed by atoms with Crippen molar-refractivity contribution in [1.29, 1.82) is 0 Å². The van der Waals surface area contributed by atoms with Crippen LogP contribution in [0.1, 0.15) is 18.1 Å². The minimum Gasteiger partial charge on any atom is -0.493 e. The number of benzene rings is 2. The molecular weight excluding hydrogens is 421 g/mol. The molecule has 146 valence electrons. The Kier molecular flexibility index (Phi) is 6.54. The predicted octanol–water partition coefficient (Wildman–Crippen LogP) is 5.64. The van der Waals surface area contributed by atoms with Crippen LogP contribution in [0.4, 0.5) is 4.79 Å². The predicted molar refractivity (Wildman–Crippen MR) is 112 cm³/mol. The first-order chi connectivity index (χ1) is 13.4. The van der Waals surface area contributed by atoms with Gasteiger partial charge in [0.05, 0.1) is 30.2 Å². The van der Waals surface area contributed by atoms with Crippen molar-refractivity contribution in [3.63, 3.8) is 0 Å². The van der Waals surface area contributed by atoms with E-state index in [-0.39, 0.29) is 17.7 Å². The smallest absolute Gasteiger partial charge is 0.293 e. The SMILES string of the molecule is CCOc1c(Cl)cc(/C=C2\SC(=O)N(Cc3cccc(Cl)c3)C2=O)cc1OC. The second kappa shape index (κ2) is 8.90. The lowest BCUT2D eigenvalue weighted by molar-refractivity contribution is -0.123. The lowest BCUT2D eigenvalue weighted by atomic mass is 10.1. The maximum absolute atomic E-state index is 12.7. The van der Waals surface area contributed by atoms with E-state index in [1.54, 1.807) is 36.4 Å². The zero-order valence-corrected chi connectivity index (χ0v) is 17.5. The highest BCUT2D eigenvalue weighted by Gasteiger charge is 2.35. The molecule has 1 saturated heterocycles. The molecule has 0 aromatic heterocycles. The molecule has 28 heavy (non-hydrogen) atoms. The van der Waals surface area contributed by atoms with Crippen LogP contribution in [0, 0.1) is 0 Å². The van der Waals surface area contributed by atoms with Gasteiger partial charge in [-0.05, 0) is 60.2 Å². The summed E-state index contributed by atoms with van der Waals surface area (Å²) in [5.41, 5.74) is 1.42. The van der Waals surface area contributed by atoms with Gasteiger partial charge in [0.2, 0.25) is 0 Å². The average molecular weight is 438 g/mol. The lowest BCUT2D eigenvalue weighted by Gasteiger charge is -2.13. The van der Waals surface area contributed by atoms with Gasteiger partial charge >= 0.3 is 0 Å². The number of halogens is 2. The Morgan fingerprint density at radius 3 is 2.64 bits per heavy atom. The Morgan fingerprint density at radius 2 is 1.96 bits per heavy atom. The summed E-state index contributed by atoms with van der Waals surface area (Å²) < 4.78 is 10.8. The van der Waals surface area contributed by atoms with Gasteiger partial charge in [0.15, 0.2) is 11.5 Å². The molecule has 8 heteroatoms. The maximum atomic E-state index is 12.7. The monoisotopic (exact) mass is 437 g/mol. The number of carbonyl (C=O) groups excluding carboxylic acids is 2. The largest absolute Gasteiger partial charge is 0.493 e. The van der Waals surface area contributed by atoms with Gasteiger partial charge in [-0.15, -0.1) is 0 Å². The fraction of sp³-hybridized carbons (Fsp3) is 0.200. The Hall–Kier alpha value is -2.15. The highest BCUT2D eigenvalue weighted by atomic mass is 35.5. The van der Waals surface area contributed by atoms with Crippen LogP contribution in [0.2, 0.25) is 10.0 Å². The second-order valence-corrected chi connectivity index (χ2v) is 7.70. The maximum Gasteiger partial charge on any atom is 0.293 e. The Bertz CT molecular complexity index is 961. The van der Waals surface area contributed by atoms with Gasteiger partial charge in [0.1, 0.15) is 0 Å². The molecule has 2 aromatic carbocycles. The van der Waals surface area contributed by atoms with Crippen molar-refractivity contribution in [2.24, 2.45) is 0 Å². The molecule has 0 aliphatic carbocycles. The molecule has 3 rings (SSSR count). The van der Waals surface area contributed by atoms with Crippen LogP contribution in [0.15, 0.2) is 41.3 Å². The number of hydrogen-bond donors (Lipinski definition) is 0. The van der Waals surface area contributed by atoms with Crippen LogP contribution in [0.3, 0.4) is 0 Å². The molecule has 0 N–H and O–H groups in total. The molecule has 0 radical (unpaired) electrons. The molecule has 0 atom stereocenters. The van der Waals surface area contributed by atoms with E-state index in [9.17, 15) is 9.59 Å². The minimum atomic E-state index is -0.362. The lowest BCUT2D eigenvalue weighted by Crippen LogP contribution is -2.27. The number of hydrogen-bond acceptors (Lipinski definition) is 5. The van der Waals surface area contributed by atoms with Crippen LogP contribution in [-0.4, -0.2) is 29.8 Å². The van der Waals surface area contributed by atoms with Crippen LogP contribution >= 0.6 is 35.0 Å². The van der Waals surface area contributed by atoms with E-state index in [2.05, 4.69) is 0 Å². The molecule has 2 amide bonds. The molecule has 0 saturated carbocycles. The van der Waals surface area contributed by atoms with E-state index in [1.165, 1.54) is 12.0 Å². The third-order valence-electron chi connectivity index (χ3n) is 3.94. The molecule has 0 spiro atoms. The number of rotatable bonds is 6. The number of carbonyl (C=O) groups is 2. The second-order valence-electron chi connectivity index (χ2n) is 5.86. The molecule has 0 bridgehead atoms. The summed E-state index contributed by atoms with van der Waals surface area (Å²) >= 11 is 13.1. The van der Waals surface area contributed by atoms with Gasteiger partial charge in [0, 0.05) is 5.02 Å². The number of imide groups is 1. The van der Waals surface area contributed by atoms with Crippen molar-refractivity contribution in [3.05, 3.63) is 62.5 Å². The van der Waals surface area contributed by atoms with Gasteiger partial charge in [-0.2, -0.15) is 0 Å². The molecule has 1 aliphatic heterocycles. The van der Waals surface area contributed by atoms with Crippen molar-refractivity contribution >= 4 is 52.2 Å². The molecule has 0 unspecified atom stereocenters. The first kappa shape index (κ1) is 20.6. The normalized spacial score (nSPS) is 15.4. The van der Waals surface area contributed by atoms with E-state index >= 15 is 0 Å². The Labute approximate surface area is 177 Å². The zero-order chi connectivity index (χ0) is 20.3. The van der Waals surface area contributed by atoms with E-state index in [0.29, 0.717) is 38.6 Å². The Morgan fingerprint density at radius 1 is 1.18 bits per heavy atom. The first-order valence-corrected chi connectivity index (χ1v) is 10.00. The molecule has 2 aromatic rings. The van der Waals surface area contributed by atoms with Gasteiger partial charge in [-0.3, -0.25) is 14.5 Å². The number of nitrogens with zero attached hydrogens (tertiary/aromatic N) is 1. The fourth-order valence-corrected chi connectivity index (χ4v) is 4.04. The van der Waals surface area contributed by atoms with Crippen molar-refractivity contribution in [1.82, 2.24) is 4.90 Å². The summed E-state index contributed by atoms with van der Waals surface area (Å²) in [4.78, 5) is 26.5. The number of amides is 2. The fourth-order valence-electron chi connectivity index (χ4n) is 2.71. The standard InChI is InChI=1S/C20H17Cl2NO4S/c1-3-27-18-15(22)8-13(9-16(18)26-2)10-17-19(24)23(20(25)28-17)11-12-5-4-6-14(21)7-12/h4-10H,3,11H2,1-2H3/b17-10-. The summed E-state index contributed by atoms with van der Waals surface area (Å²) in [5, 5.41) is 0.585. The highest BCUT2D eigenvalue weighted by Crippen LogP contribution is 2.39. The highest BCUT2D eigenvalue weighted by molar-refractivity contribution is 8.18. The van der Waals surface area contributed by atoms with Gasteiger partial charge in [0.25, 0.3) is 11.1 Å². The van der Waals surface area contributed by atoms with Gasteiger partial charge < -0.3 is 9.47 Å². The van der Waals surface area contributed by atoms with Gasteiger partial charge in [-0.25, -0.2) is 0 Å². The molecule has 1 aliphatic rings. The van der Waals surface area contributed by atoms with Crippen LogP contribution in [-0.2, 0) is 11.3 Å². The number of methoxy groups -OCH3 is 1. The molecular formula is C20H17Cl2NO4S. The van der Waals surface area contributed by atoms with E-state index < -0.39 is 0 Å². The third kappa shape index (κ3) is 4.46. The Balaban J connectivity index is 1.86. The van der Waals surface area contributed by atoms with Crippen LogP contribution < -0.4 is 9.47 Å². The summed E-state index contributed by atoms with van der Waals surface area (Å²) in [6.07, 6.45) is 1.62. The summed E-state index contributed by atoms with van der Waals surface area (Å²) in [7, 11) is 1.51. The minimum absolute atomic E-state index is 0.163. The summed E-state index contributed by atoms with van der Waals surface area (Å²) in [5.74, 6) is 0.538. The van der Waals surface area contributed by atoms with Crippen molar-refractivity contribution in [2.75, 3.05) is 13.7 Å². The zero-order valence-electron chi connectivity index (χ0n) is 15.2.